The molecule has 0 aromatic rings. The van der Waals surface area contributed by atoms with E-state index in [9.17, 15) is 13.2 Å². The molecule has 0 heterocycles. The maximum absolute atomic E-state index is 10.5. The van der Waals surface area contributed by atoms with Crippen LogP contribution in [0.25, 0.3) is 0 Å². The molecule has 6 nitrogen and oxygen atoms in total. The van der Waals surface area contributed by atoms with Crippen LogP contribution in [0.1, 0.15) is 19.8 Å². The number of carboxylic acids is 1. The van der Waals surface area contributed by atoms with Crippen molar-refractivity contribution in [2.45, 2.75) is 25.0 Å². The molecule has 0 bridgehead atoms. The second-order valence-electron chi connectivity index (χ2n) is 2.77. The van der Waals surface area contributed by atoms with Crippen LogP contribution in [-0.2, 0) is 14.9 Å². The van der Waals surface area contributed by atoms with Gasteiger partial charge < -0.3 is 11.3 Å². The van der Waals surface area contributed by atoms with Gasteiger partial charge in [0, 0.05) is 5.57 Å². The van der Waals surface area contributed by atoms with Crippen molar-refractivity contribution < 1.29 is 22.9 Å². The number of rotatable bonds is 5. The van der Waals surface area contributed by atoms with Crippen molar-refractivity contribution >= 4 is 16.1 Å². The minimum Gasteiger partial charge on any atom is -0.478 e. The summed E-state index contributed by atoms with van der Waals surface area (Å²) >= 11 is 0. The predicted molar refractivity (Wildman–Crippen MR) is 52.0 cm³/mol. The van der Waals surface area contributed by atoms with Gasteiger partial charge in [-0.2, -0.15) is 8.42 Å². The highest BCUT2D eigenvalue weighted by Crippen LogP contribution is 2.10. The molecule has 0 saturated heterocycles. The highest BCUT2D eigenvalue weighted by atomic mass is 32.2. The molecule has 0 amide bonds. The van der Waals surface area contributed by atoms with E-state index >= 15 is 0 Å². The van der Waals surface area contributed by atoms with Crippen LogP contribution >= 0.6 is 0 Å². The number of hydrogen-bond acceptors (Lipinski definition) is 4. The molecular formula is C7H15NO5S. The molecule has 0 aromatic carbocycles. The Hall–Kier alpha value is -0.920. The summed E-state index contributed by atoms with van der Waals surface area (Å²) in [5.74, 6) is -1.15. The van der Waals surface area contributed by atoms with E-state index < -0.39 is 21.3 Å². The lowest BCUT2D eigenvalue weighted by molar-refractivity contribution is -0.132. The van der Waals surface area contributed by atoms with Crippen molar-refractivity contribution in [3.63, 3.8) is 0 Å². The van der Waals surface area contributed by atoms with Gasteiger partial charge in [-0.25, -0.2) is 4.79 Å². The Balaban J connectivity index is 0. The van der Waals surface area contributed by atoms with E-state index in [0.717, 1.165) is 0 Å². The standard InChI is InChI=1S/C7H12O5S.H3N/c1-5(7(8)9)3-4-6(2)13(10,11)12;/h6H,1,3-4H2,2H3,(H,8,9)(H,10,11,12);1H3. The van der Waals surface area contributed by atoms with E-state index in [1.54, 1.807) is 0 Å². The van der Waals surface area contributed by atoms with Crippen LogP contribution in [0.4, 0.5) is 0 Å². The predicted octanol–water partition coefficient (Wildman–Crippen LogP) is 0.846. The SMILES string of the molecule is C=C(CCC(C)S(=O)(=O)O)C(=O)O.N. The Morgan fingerprint density at radius 3 is 2.21 bits per heavy atom. The van der Waals surface area contributed by atoms with Gasteiger partial charge in [0.15, 0.2) is 0 Å². The minimum absolute atomic E-state index is 0. The molecule has 1 unspecified atom stereocenters. The van der Waals surface area contributed by atoms with Gasteiger partial charge in [-0.3, -0.25) is 4.55 Å². The molecule has 0 spiro atoms. The van der Waals surface area contributed by atoms with Crippen LogP contribution in [0.15, 0.2) is 12.2 Å². The average Bonchev–Trinajstić information content (AvgIpc) is 1.97. The van der Waals surface area contributed by atoms with E-state index in [-0.39, 0.29) is 24.6 Å². The Labute approximate surface area is 83.0 Å². The van der Waals surface area contributed by atoms with Gasteiger partial charge in [0.05, 0.1) is 5.25 Å². The quantitative estimate of drug-likeness (QED) is 0.470. The monoisotopic (exact) mass is 225 g/mol. The van der Waals surface area contributed by atoms with Crippen LogP contribution in [0.5, 0.6) is 0 Å². The van der Waals surface area contributed by atoms with Crippen molar-refractivity contribution in [2.24, 2.45) is 0 Å². The second kappa shape index (κ2) is 5.74. The highest BCUT2D eigenvalue weighted by Gasteiger charge is 2.18. The zero-order chi connectivity index (χ0) is 10.6. The molecule has 5 N–H and O–H groups in total. The summed E-state index contributed by atoms with van der Waals surface area (Å²) in [6, 6.07) is 0. The molecule has 0 aliphatic carbocycles. The fourth-order valence-corrected chi connectivity index (χ4v) is 1.05. The normalized spacial score (nSPS) is 12.7. The summed E-state index contributed by atoms with van der Waals surface area (Å²) in [5.41, 5.74) is -0.0597. The lowest BCUT2D eigenvalue weighted by Gasteiger charge is -2.06. The first kappa shape index (κ1) is 15.5. The van der Waals surface area contributed by atoms with Crippen LogP contribution in [0.2, 0.25) is 0 Å². The molecule has 84 valence electrons. The maximum atomic E-state index is 10.5. The number of carbonyl (C=O) groups is 1. The molecular weight excluding hydrogens is 210 g/mol. The molecule has 1 atom stereocenters. The summed E-state index contributed by atoms with van der Waals surface area (Å²) in [5, 5.41) is 7.43. The molecule has 7 heteroatoms. The van der Waals surface area contributed by atoms with Gasteiger partial charge in [-0.15, -0.1) is 0 Å². The Morgan fingerprint density at radius 1 is 1.50 bits per heavy atom. The third-order valence-electron chi connectivity index (χ3n) is 1.66. The zero-order valence-electron chi connectivity index (χ0n) is 7.93. The van der Waals surface area contributed by atoms with Crippen LogP contribution in [-0.4, -0.2) is 29.3 Å². The molecule has 0 fully saturated rings. The molecule has 0 radical (unpaired) electrons. The van der Waals surface area contributed by atoms with Gasteiger partial charge in [0.25, 0.3) is 10.1 Å². The Bertz CT molecular complexity index is 308. The maximum Gasteiger partial charge on any atom is 0.330 e. The first-order valence-electron chi connectivity index (χ1n) is 3.62. The molecule has 14 heavy (non-hydrogen) atoms. The number of hydrogen-bond donors (Lipinski definition) is 3. The van der Waals surface area contributed by atoms with Gasteiger partial charge in [-0.1, -0.05) is 6.58 Å². The van der Waals surface area contributed by atoms with Crippen LogP contribution in [0, 0.1) is 0 Å². The Kier molecular flexibility index (Phi) is 6.37. The van der Waals surface area contributed by atoms with E-state index in [1.807, 2.05) is 0 Å². The van der Waals surface area contributed by atoms with E-state index in [0.29, 0.717) is 0 Å². The van der Waals surface area contributed by atoms with Crippen molar-refractivity contribution in [2.75, 3.05) is 0 Å². The fourth-order valence-electron chi connectivity index (χ4n) is 0.633. The van der Waals surface area contributed by atoms with Crippen molar-refractivity contribution in [1.82, 2.24) is 6.15 Å². The summed E-state index contributed by atoms with van der Waals surface area (Å²) < 4.78 is 29.5. The van der Waals surface area contributed by atoms with E-state index in [4.69, 9.17) is 9.66 Å². The number of carboxylic acid groups (broad SMARTS) is 1. The third kappa shape index (κ3) is 5.68. The summed E-state index contributed by atoms with van der Waals surface area (Å²) in [6.45, 7) is 4.54. The summed E-state index contributed by atoms with van der Waals surface area (Å²) in [7, 11) is -4.06. The molecule has 0 aliphatic heterocycles. The smallest absolute Gasteiger partial charge is 0.330 e. The Morgan fingerprint density at radius 2 is 1.93 bits per heavy atom. The van der Waals surface area contributed by atoms with Gasteiger partial charge in [-0.05, 0) is 19.8 Å². The number of aliphatic carboxylic acids is 1. The molecule has 0 saturated carbocycles. The minimum atomic E-state index is -4.06. The van der Waals surface area contributed by atoms with Crippen LogP contribution in [0.3, 0.4) is 0 Å². The van der Waals surface area contributed by atoms with Crippen molar-refractivity contribution in [3.05, 3.63) is 12.2 Å². The second-order valence-corrected chi connectivity index (χ2v) is 4.61. The van der Waals surface area contributed by atoms with Gasteiger partial charge in [0.2, 0.25) is 0 Å². The highest BCUT2D eigenvalue weighted by molar-refractivity contribution is 7.86. The third-order valence-corrected chi connectivity index (χ3v) is 2.92. The molecule has 0 aliphatic rings. The average molecular weight is 225 g/mol. The van der Waals surface area contributed by atoms with Gasteiger partial charge in [0.1, 0.15) is 0 Å². The molecule has 0 rings (SSSR count). The van der Waals surface area contributed by atoms with E-state index in [2.05, 4.69) is 6.58 Å². The largest absolute Gasteiger partial charge is 0.478 e. The summed E-state index contributed by atoms with van der Waals surface area (Å²) in [4.78, 5) is 10.3. The van der Waals surface area contributed by atoms with Crippen LogP contribution < -0.4 is 6.15 Å². The lowest BCUT2D eigenvalue weighted by Crippen LogP contribution is -2.17. The fraction of sp³-hybridized carbons (Fsp3) is 0.571. The first-order valence-corrected chi connectivity index (χ1v) is 5.13. The lowest BCUT2D eigenvalue weighted by atomic mass is 10.1. The van der Waals surface area contributed by atoms with Gasteiger partial charge >= 0.3 is 5.97 Å². The topological polar surface area (TPSA) is 127 Å². The zero-order valence-corrected chi connectivity index (χ0v) is 8.75. The van der Waals surface area contributed by atoms with Crippen molar-refractivity contribution in [1.29, 1.82) is 0 Å². The summed E-state index contributed by atoms with van der Waals surface area (Å²) in [6.07, 6.45) is 0.111. The van der Waals surface area contributed by atoms with E-state index in [1.165, 1.54) is 6.92 Å². The van der Waals surface area contributed by atoms with Crippen molar-refractivity contribution in [3.8, 4) is 0 Å². The first-order chi connectivity index (χ1) is 5.75. The molecule has 0 aromatic heterocycles.